The molecular formula is C21H27F3N4O3. The topological polar surface area (TPSA) is 87.9 Å². The van der Waals surface area contributed by atoms with Gasteiger partial charge in [0.1, 0.15) is 12.6 Å². The molecule has 31 heavy (non-hydrogen) atoms. The number of hydrogen-bond acceptors (Lipinski definition) is 5. The largest absolute Gasteiger partial charge is 0.418 e. The lowest BCUT2D eigenvalue weighted by Gasteiger charge is -2.41. The summed E-state index contributed by atoms with van der Waals surface area (Å²) in [5.41, 5.74) is 4.74. The van der Waals surface area contributed by atoms with Crippen LogP contribution in [0.4, 0.5) is 24.5 Å². The van der Waals surface area contributed by atoms with Gasteiger partial charge in [-0.2, -0.15) is 13.2 Å². The lowest BCUT2D eigenvalue weighted by molar-refractivity contribution is -0.137. The van der Waals surface area contributed by atoms with Gasteiger partial charge in [0, 0.05) is 30.9 Å². The Morgan fingerprint density at radius 2 is 1.97 bits per heavy atom. The predicted molar refractivity (Wildman–Crippen MR) is 109 cm³/mol. The molecule has 2 amide bonds. The maximum Gasteiger partial charge on any atom is 0.418 e. The van der Waals surface area contributed by atoms with Gasteiger partial charge in [-0.15, -0.1) is 0 Å². The van der Waals surface area contributed by atoms with Crippen molar-refractivity contribution in [1.29, 1.82) is 0 Å². The van der Waals surface area contributed by atoms with E-state index < -0.39 is 29.6 Å². The van der Waals surface area contributed by atoms with Gasteiger partial charge in [-0.05, 0) is 43.9 Å². The first-order valence-corrected chi connectivity index (χ1v) is 10.7. The Bertz CT molecular complexity index is 840. The minimum absolute atomic E-state index is 0.0320. The van der Waals surface area contributed by atoms with E-state index in [1.54, 1.807) is 0 Å². The normalized spacial score (nSPS) is 21.2. The Morgan fingerprint density at radius 3 is 2.52 bits per heavy atom. The number of carbonyl (C=O) groups is 2. The maximum absolute atomic E-state index is 13.8. The van der Waals surface area contributed by atoms with Crippen LogP contribution in [0.25, 0.3) is 0 Å². The van der Waals surface area contributed by atoms with Crippen LogP contribution >= 0.6 is 0 Å². The highest BCUT2D eigenvalue weighted by atomic mass is 19.4. The predicted octanol–water partition coefficient (Wildman–Crippen LogP) is 2.35. The summed E-state index contributed by atoms with van der Waals surface area (Å²) >= 11 is 0. The van der Waals surface area contributed by atoms with Crippen LogP contribution in [0.3, 0.4) is 0 Å². The average Bonchev–Trinajstić information content (AvgIpc) is 3.51. The zero-order chi connectivity index (χ0) is 22.2. The van der Waals surface area contributed by atoms with Crippen LogP contribution in [0.15, 0.2) is 18.2 Å². The summed E-state index contributed by atoms with van der Waals surface area (Å²) in [6.45, 7) is 0.0515. The Kier molecular flexibility index (Phi) is 6.23. The summed E-state index contributed by atoms with van der Waals surface area (Å²) in [5.74, 6) is -0.929. The molecule has 2 aliphatic carbocycles. The number of anilines is 2. The second-order valence-corrected chi connectivity index (χ2v) is 8.33. The summed E-state index contributed by atoms with van der Waals surface area (Å²) in [6.07, 6.45) is 0.487. The Hall–Kier alpha value is -2.17. The van der Waals surface area contributed by atoms with Crippen molar-refractivity contribution in [2.45, 2.75) is 56.4 Å². The van der Waals surface area contributed by atoms with Crippen LogP contribution < -0.4 is 16.0 Å². The van der Waals surface area contributed by atoms with Crippen LogP contribution in [-0.2, 0) is 20.5 Å². The minimum Gasteiger partial charge on any atom is -0.370 e. The van der Waals surface area contributed by atoms with Crippen LogP contribution in [0, 0.1) is 0 Å². The minimum atomic E-state index is -4.69. The smallest absolute Gasteiger partial charge is 0.370 e. The van der Waals surface area contributed by atoms with Crippen molar-refractivity contribution in [3.05, 3.63) is 23.8 Å². The average molecular weight is 440 g/mol. The number of rotatable bonds is 7. The third-order valence-corrected chi connectivity index (χ3v) is 6.20. The number of benzene rings is 1. The molecule has 1 atom stereocenters. The van der Waals surface area contributed by atoms with Gasteiger partial charge in [-0.25, -0.2) is 0 Å². The van der Waals surface area contributed by atoms with Gasteiger partial charge in [0.2, 0.25) is 5.91 Å². The summed E-state index contributed by atoms with van der Waals surface area (Å²) in [6, 6.07) is 3.56. The van der Waals surface area contributed by atoms with Gasteiger partial charge in [-0.1, -0.05) is 6.42 Å². The molecule has 3 N–H and O–H groups in total. The monoisotopic (exact) mass is 440 g/mol. The van der Waals surface area contributed by atoms with Crippen LogP contribution in [0.5, 0.6) is 0 Å². The molecular weight excluding hydrogens is 413 g/mol. The van der Waals surface area contributed by atoms with E-state index in [0.717, 1.165) is 43.1 Å². The molecule has 1 aromatic carbocycles. The molecule has 2 saturated carbocycles. The Morgan fingerprint density at radius 1 is 1.26 bits per heavy atom. The summed E-state index contributed by atoms with van der Waals surface area (Å²) in [4.78, 5) is 28.3. The maximum atomic E-state index is 13.8. The van der Waals surface area contributed by atoms with Crippen molar-refractivity contribution in [3.63, 3.8) is 0 Å². The highest BCUT2D eigenvalue weighted by molar-refractivity contribution is 5.98. The number of carbonyl (C=O) groups excluding carboxylic acids is 2. The number of nitrogens with one attached hydrogen (secondary N) is 1. The van der Waals surface area contributed by atoms with E-state index in [-0.39, 0.29) is 37.7 Å². The van der Waals surface area contributed by atoms with Gasteiger partial charge in [0.15, 0.2) is 0 Å². The zero-order valence-corrected chi connectivity index (χ0v) is 17.2. The fourth-order valence-corrected chi connectivity index (χ4v) is 4.30. The summed E-state index contributed by atoms with van der Waals surface area (Å²) in [5, 5.41) is 2.62. The highest BCUT2D eigenvalue weighted by Gasteiger charge is 2.43. The standard InChI is InChI=1S/C21H27F3N4O3/c22-21(23,24)16-10-13(4-7-17(16)27-8-9-31-12-19(27)29)26-20(30)18(11-25)28(15-5-6-15)14-2-1-3-14/h4,7,10,14-15,18H,1-3,5-6,8-9,11-12,25H2,(H,26,30)/t18-/m0/s1. The molecule has 170 valence electrons. The number of morpholine rings is 1. The fourth-order valence-electron chi connectivity index (χ4n) is 4.30. The molecule has 7 nitrogen and oxygen atoms in total. The second kappa shape index (κ2) is 8.76. The van der Waals surface area contributed by atoms with Gasteiger partial charge in [0.05, 0.1) is 17.9 Å². The fraction of sp³-hybridized carbons (Fsp3) is 0.619. The van der Waals surface area contributed by atoms with Crippen molar-refractivity contribution in [1.82, 2.24) is 4.90 Å². The molecule has 1 aliphatic heterocycles. The van der Waals surface area contributed by atoms with E-state index in [9.17, 15) is 22.8 Å². The Balaban J connectivity index is 1.56. The number of halogens is 3. The number of ether oxygens (including phenoxy) is 1. The SMILES string of the molecule is NC[C@@H](C(=O)Nc1ccc(N2CCOCC2=O)c(C(F)(F)F)c1)N(C1CCC1)C1CC1. The third-order valence-electron chi connectivity index (χ3n) is 6.20. The first-order chi connectivity index (χ1) is 14.8. The van der Waals surface area contributed by atoms with Gasteiger partial charge < -0.3 is 20.7 Å². The van der Waals surface area contributed by atoms with E-state index in [2.05, 4.69) is 10.2 Å². The number of nitrogens with two attached hydrogens (primary N) is 1. The van der Waals surface area contributed by atoms with Gasteiger partial charge in [-0.3, -0.25) is 14.5 Å². The first-order valence-electron chi connectivity index (χ1n) is 10.7. The number of hydrogen-bond donors (Lipinski definition) is 2. The van der Waals surface area contributed by atoms with Crippen molar-refractivity contribution in [2.24, 2.45) is 5.73 Å². The van der Waals surface area contributed by atoms with E-state index in [1.807, 2.05) is 0 Å². The first kappa shape index (κ1) is 22.0. The van der Waals surface area contributed by atoms with Crippen molar-refractivity contribution in [2.75, 3.05) is 36.5 Å². The molecule has 0 aromatic heterocycles. The summed E-state index contributed by atoms with van der Waals surface area (Å²) < 4.78 is 46.3. The molecule has 0 radical (unpaired) electrons. The second-order valence-electron chi connectivity index (χ2n) is 8.33. The molecule has 1 saturated heterocycles. The van der Waals surface area contributed by atoms with Crippen LogP contribution in [-0.4, -0.2) is 61.1 Å². The van der Waals surface area contributed by atoms with Crippen LogP contribution in [0.1, 0.15) is 37.7 Å². The number of amides is 2. The molecule has 1 heterocycles. The zero-order valence-electron chi connectivity index (χ0n) is 17.2. The lowest BCUT2D eigenvalue weighted by Crippen LogP contribution is -2.55. The molecule has 0 bridgehead atoms. The van der Waals surface area contributed by atoms with Gasteiger partial charge in [0.25, 0.3) is 5.91 Å². The third kappa shape index (κ3) is 4.70. The van der Waals surface area contributed by atoms with E-state index >= 15 is 0 Å². The molecule has 0 unspecified atom stereocenters. The molecule has 3 fully saturated rings. The van der Waals surface area contributed by atoms with Crippen molar-refractivity contribution >= 4 is 23.2 Å². The lowest BCUT2D eigenvalue weighted by atomic mass is 9.90. The van der Waals surface area contributed by atoms with Gasteiger partial charge >= 0.3 is 6.18 Å². The number of alkyl halides is 3. The van der Waals surface area contributed by atoms with Crippen molar-refractivity contribution < 1.29 is 27.5 Å². The molecule has 0 spiro atoms. The van der Waals surface area contributed by atoms with E-state index in [4.69, 9.17) is 10.5 Å². The molecule has 4 rings (SSSR count). The molecule has 3 aliphatic rings. The van der Waals surface area contributed by atoms with E-state index in [1.165, 1.54) is 12.1 Å². The number of nitrogens with zero attached hydrogens (tertiary/aromatic N) is 2. The summed E-state index contributed by atoms with van der Waals surface area (Å²) in [7, 11) is 0. The van der Waals surface area contributed by atoms with Crippen molar-refractivity contribution in [3.8, 4) is 0 Å². The molecule has 1 aromatic rings. The Labute approximate surface area is 178 Å². The quantitative estimate of drug-likeness (QED) is 0.680. The van der Waals surface area contributed by atoms with Crippen LogP contribution in [0.2, 0.25) is 0 Å². The van der Waals surface area contributed by atoms with E-state index in [0.29, 0.717) is 12.1 Å². The molecule has 10 heteroatoms. The highest BCUT2D eigenvalue weighted by Crippen LogP contribution is 2.40.